The monoisotopic (exact) mass is 494 g/mol. The number of pyridine rings is 1. The molecule has 1 fully saturated rings. The number of halogens is 5. The maximum Gasteiger partial charge on any atom is 0.418 e. The van der Waals surface area contributed by atoms with E-state index in [1.807, 2.05) is 0 Å². The molecule has 2 heterocycles. The second-order valence-electron chi connectivity index (χ2n) is 8.56. The summed E-state index contributed by atoms with van der Waals surface area (Å²) < 4.78 is 68.6. The molecule has 1 unspecified atom stereocenters. The Bertz CT molecular complexity index is 1220. The lowest BCUT2D eigenvalue weighted by atomic mass is 9.92. The van der Waals surface area contributed by atoms with E-state index in [2.05, 4.69) is 4.98 Å². The molecule has 0 bridgehead atoms. The van der Waals surface area contributed by atoms with Gasteiger partial charge >= 0.3 is 12.1 Å². The van der Waals surface area contributed by atoms with Gasteiger partial charge < -0.3 is 4.90 Å². The van der Waals surface area contributed by atoms with Crippen LogP contribution in [0.25, 0.3) is 0 Å². The summed E-state index contributed by atoms with van der Waals surface area (Å²) in [6.07, 6.45) is -5.06. The molecule has 0 spiro atoms. The molecule has 0 N–H and O–H groups in total. The van der Waals surface area contributed by atoms with Gasteiger partial charge in [-0.25, -0.2) is 0 Å². The number of ketones is 3. The first kappa shape index (κ1) is 24.6. The van der Waals surface area contributed by atoms with Crippen LogP contribution in [0.5, 0.6) is 0 Å². The number of fused-ring (bicyclic) bond motifs is 1. The number of Topliss-reactive ketones (excluding diaryl/α,β-unsaturated/α-hetero) is 3. The fraction of sp³-hybridized carbons (Fsp3) is 0.375. The first-order valence-corrected chi connectivity index (χ1v) is 10.8. The maximum absolute atomic E-state index is 14.6. The molecule has 4 rings (SSSR count). The highest BCUT2D eigenvalue weighted by Crippen LogP contribution is 2.39. The Labute approximate surface area is 196 Å². The highest BCUT2D eigenvalue weighted by atomic mass is 19.4. The van der Waals surface area contributed by atoms with E-state index in [0.717, 1.165) is 12.3 Å². The van der Waals surface area contributed by atoms with Crippen molar-refractivity contribution in [1.82, 2.24) is 9.88 Å². The van der Waals surface area contributed by atoms with Crippen molar-refractivity contribution in [3.05, 3.63) is 64.5 Å². The SMILES string of the molecule is O=C1CCC(N2Cc3cc(CCC(=O)C(F)(F)c4ncccc4C(F)(F)F)ccc3C2=O)C(=O)C1. The summed E-state index contributed by atoms with van der Waals surface area (Å²) >= 11 is 0. The quantitative estimate of drug-likeness (QED) is 0.447. The Kier molecular flexibility index (Phi) is 6.29. The van der Waals surface area contributed by atoms with Crippen LogP contribution in [-0.4, -0.2) is 39.2 Å². The Balaban J connectivity index is 1.46. The van der Waals surface area contributed by atoms with Crippen molar-refractivity contribution < 1.29 is 41.1 Å². The van der Waals surface area contributed by atoms with E-state index in [-0.39, 0.29) is 49.7 Å². The number of carbonyl (C=O) groups excluding carboxylic acids is 4. The Morgan fingerprint density at radius 1 is 1.09 bits per heavy atom. The molecule has 2 aromatic rings. The number of nitrogens with zero attached hydrogens (tertiary/aromatic N) is 2. The van der Waals surface area contributed by atoms with Crippen LogP contribution in [-0.2, 0) is 39.4 Å². The minimum atomic E-state index is -5.10. The molecule has 0 radical (unpaired) electrons. The summed E-state index contributed by atoms with van der Waals surface area (Å²) in [6, 6.07) is 5.09. The van der Waals surface area contributed by atoms with E-state index >= 15 is 0 Å². The van der Waals surface area contributed by atoms with Crippen LogP contribution in [0.2, 0.25) is 0 Å². The van der Waals surface area contributed by atoms with Crippen LogP contribution in [0.15, 0.2) is 36.5 Å². The third-order valence-corrected chi connectivity index (χ3v) is 6.22. The van der Waals surface area contributed by atoms with E-state index in [9.17, 15) is 41.1 Å². The molecule has 6 nitrogen and oxygen atoms in total. The van der Waals surface area contributed by atoms with E-state index in [0.29, 0.717) is 22.8 Å². The number of aryl methyl sites for hydroxylation is 1. The van der Waals surface area contributed by atoms with Crippen molar-refractivity contribution >= 4 is 23.3 Å². The fourth-order valence-corrected chi connectivity index (χ4v) is 4.42. The largest absolute Gasteiger partial charge is 0.418 e. The molecule has 1 aromatic carbocycles. The van der Waals surface area contributed by atoms with Crippen molar-refractivity contribution in [1.29, 1.82) is 0 Å². The van der Waals surface area contributed by atoms with Gasteiger partial charge in [0.2, 0.25) is 5.78 Å². The lowest BCUT2D eigenvalue weighted by Crippen LogP contribution is -2.44. The molecule has 1 aliphatic heterocycles. The van der Waals surface area contributed by atoms with Crippen LogP contribution >= 0.6 is 0 Å². The van der Waals surface area contributed by atoms with Gasteiger partial charge in [-0.05, 0) is 42.2 Å². The summed E-state index contributed by atoms with van der Waals surface area (Å²) in [4.78, 5) is 53.2. The zero-order valence-corrected chi connectivity index (χ0v) is 18.2. The molecule has 184 valence electrons. The second-order valence-corrected chi connectivity index (χ2v) is 8.56. The number of amides is 1. The number of hydrogen-bond acceptors (Lipinski definition) is 5. The number of carbonyl (C=O) groups is 4. The van der Waals surface area contributed by atoms with Crippen molar-refractivity contribution in [2.24, 2.45) is 0 Å². The molecule has 35 heavy (non-hydrogen) atoms. The zero-order chi connectivity index (χ0) is 25.5. The molecule has 1 atom stereocenters. The summed E-state index contributed by atoms with van der Waals surface area (Å²) in [5.41, 5.74) is -2.00. The Morgan fingerprint density at radius 3 is 2.51 bits per heavy atom. The van der Waals surface area contributed by atoms with Gasteiger partial charge in [0.05, 0.1) is 18.0 Å². The number of rotatable bonds is 6. The molecule has 11 heteroatoms. The fourth-order valence-electron chi connectivity index (χ4n) is 4.42. The highest BCUT2D eigenvalue weighted by Gasteiger charge is 2.48. The third kappa shape index (κ3) is 4.71. The van der Waals surface area contributed by atoms with Crippen molar-refractivity contribution in [3.8, 4) is 0 Å². The molecule has 1 aliphatic carbocycles. The Morgan fingerprint density at radius 2 is 1.83 bits per heavy atom. The van der Waals surface area contributed by atoms with Gasteiger partial charge in [-0.3, -0.25) is 24.2 Å². The molecule has 2 aliphatic rings. The predicted molar refractivity (Wildman–Crippen MR) is 110 cm³/mol. The van der Waals surface area contributed by atoms with E-state index in [1.54, 1.807) is 6.07 Å². The summed E-state index contributed by atoms with van der Waals surface area (Å²) in [7, 11) is 0. The third-order valence-electron chi connectivity index (χ3n) is 6.22. The lowest BCUT2D eigenvalue weighted by Gasteiger charge is -2.29. The average Bonchev–Trinajstić information content (AvgIpc) is 3.12. The second kappa shape index (κ2) is 8.94. The molecular weight excluding hydrogens is 475 g/mol. The van der Waals surface area contributed by atoms with E-state index in [4.69, 9.17) is 0 Å². The molecular formula is C24H19F5N2O4. The van der Waals surface area contributed by atoms with Gasteiger partial charge in [0.25, 0.3) is 5.91 Å². The number of aromatic nitrogens is 1. The maximum atomic E-state index is 14.6. The van der Waals surface area contributed by atoms with Crippen molar-refractivity contribution in [3.63, 3.8) is 0 Å². The average molecular weight is 494 g/mol. The van der Waals surface area contributed by atoms with Crippen LogP contribution in [0, 0.1) is 0 Å². The summed E-state index contributed by atoms with van der Waals surface area (Å²) in [6.45, 7) is 0.0968. The van der Waals surface area contributed by atoms with Crippen molar-refractivity contribution in [2.75, 3.05) is 0 Å². The van der Waals surface area contributed by atoms with Gasteiger partial charge in [-0.2, -0.15) is 22.0 Å². The molecule has 0 saturated heterocycles. The normalized spacial score (nSPS) is 18.7. The highest BCUT2D eigenvalue weighted by molar-refractivity contribution is 6.07. The van der Waals surface area contributed by atoms with Gasteiger partial charge in [0.15, 0.2) is 5.78 Å². The number of benzene rings is 1. The van der Waals surface area contributed by atoms with Crippen LogP contribution in [0.3, 0.4) is 0 Å². The predicted octanol–water partition coefficient (Wildman–Crippen LogP) is 4.04. The lowest BCUT2D eigenvalue weighted by molar-refractivity contribution is -0.152. The summed E-state index contributed by atoms with van der Waals surface area (Å²) in [5.74, 6) is -7.03. The smallest absolute Gasteiger partial charge is 0.324 e. The first-order chi connectivity index (χ1) is 16.4. The molecule has 1 saturated carbocycles. The standard InChI is InChI=1S/C24H19F5N2O4/c25-23(26,21-17(24(27,28)29)2-1-9-30-21)20(34)8-4-13-3-6-16-14(10-13)12-31(22(16)35)18-7-5-15(32)11-19(18)33/h1-3,6,9-10,18H,4-5,7-8,11-12H2. The van der Waals surface area contributed by atoms with E-state index in [1.165, 1.54) is 17.0 Å². The number of hydrogen-bond donors (Lipinski definition) is 0. The van der Waals surface area contributed by atoms with Gasteiger partial charge in [-0.15, -0.1) is 0 Å². The topological polar surface area (TPSA) is 84.4 Å². The number of alkyl halides is 5. The molecule has 1 aromatic heterocycles. The first-order valence-electron chi connectivity index (χ1n) is 10.8. The Hall–Kier alpha value is -3.50. The van der Waals surface area contributed by atoms with Crippen LogP contribution in [0.1, 0.15) is 58.4 Å². The zero-order valence-electron chi connectivity index (χ0n) is 18.2. The van der Waals surface area contributed by atoms with Gasteiger partial charge in [0.1, 0.15) is 11.5 Å². The summed E-state index contributed by atoms with van der Waals surface area (Å²) in [5, 5.41) is 0. The minimum absolute atomic E-state index is 0.0968. The van der Waals surface area contributed by atoms with Gasteiger partial charge in [-0.1, -0.05) is 12.1 Å². The van der Waals surface area contributed by atoms with Crippen LogP contribution in [0.4, 0.5) is 22.0 Å². The van der Waals surface area contributed by atoms with Crippen molar-refractivity contribution in [2.45, 2.75) is 56.8 Å². The minimum Gasteiger partial charge on any atom is -0.324 e. The molecule has 1 amide bonds. The van der Waals surface area contributed by atoms with E-state index < -0.39 is 41.6 Å². The van der Waals surface area contributed by atoms with Crippen LogP contribution < -0.4 is 0 Å². The van der Waals surface area contributed by atoms with Gasteiger partial charge in [0, 0.05) is 31.1 Å².